The number of aryl methyl sites for hydroxylation is 1. The van der Waals surface area contributed by atoms with Crippen LogP contribution in [0, 0.1) is 0 Å². The standard InChI is InChI=1S/C16H28BrN5O/c1-5-18-16(19-9-15-12-20(2)6-7-23-15)22(4)11-14-8-13(17)10-21(14)3/h8,10,15H,5-7,9,11-12H2,1-4H3,(H,18,19). The van der Waals surface area contributed by atoms with Gasteiger partial charge >= 0.3 is 0 Å². The van der Waals surface area contributed by atoms with E-state index in [4.69, 9.17) is 9.73 Å². The van der Waals surface area contributed by atoms with Gasteiger partial charge in [0.15, 0.2) is 5.96 Å². The second kappa shape index (κ2) is 8.70. The van der Waals surface area contributed by atoms with E-state index in [0.717, 1.165) is 43.2 Å². The Morgan fingerprint density at radius 1 is 1.52 bits per heavy atom. The number of rotatable bonds is 5. The third-order valence-corrected chi connectivity index (χ3v) is 4.39. The molecule has 1 N–H and O–H groups in total. The summed E-state index contributed by atoms with van der Waals surface area (Å²) in [4.78, 5) is 9.21. The quantitative estimate of drug-likeness (QED) is 0.616. The van der Waals surface area contributed by atoms with Gasteiger partial charge in [0.2, 0.25) is 0 Å². The highest BCUT2D eigenvalue weighted by atomic mass is 79.9. The number of nitrogens with one attached hydrogen (secondary N) is 1. The lowest BCUT2D eigenvalue weighted by atomic mass is 10.3. The maximum Gasteiger partial charge on any atom is 0.194 e. The van der Waals surface area contributed by atoms with Crippen molar-refractivity contribution in [1.82, 2.24) is 19.7 Å². The first-order valence-corrected chi connectivity index (χ1v) is 8.89. The number of morpholine rings is 1. The van der Waals surface area contributed by atoms with E-state index in [9.17, 15) is 0 Å². The van der Waals surface area contributed by atoms with Crippen LogP contribution in [0.5, 0.6) is 0 Å². The van der Waals surface area contributed by atoms with Crippen LogP contribution in [0.25, 0.3) is 0 Å². The van der Waals surface area contributed by atoms with Crippen molar-refractivity contribution in [1.29, 1.82) is 0 Å². The van der Waals surface area contributed by atoms with Gasteiger partial charge in [0.25, 0.3) is 0 Å². The van der Waals surface area contributed by atoms with Crippen molar-refractivity contribution in [2.24, 2.45) is 12.0 Å². The Morgan fingerprint density at radius 2 is 2.30 bits per heavy atom. The highest BCUT2D eigenvalue weighted by molar-refractivity contribution is 9.10. The minimum atomic E-state index is 0.181. The molecule has 1 aliphatic rings. The van der Waals surface area contributed by atoms with Crippen LogP contribution in [-0.2, 0) is 18.3 Å². The van der Waals surface area contributed by atoms with E-state index >= 15 is 0 Å². The average Bonchev–Trinajstić information content (AvgIpc) is 2.81. The minimum absolute atomic E-state index is 0.181. The van der Waals surface area contributed by atoms with Crippen LogP contribution in [0.4, 0.5) is 0 Å². The number of aliphatic imine (C=N–C) groups is 1. The summed E-state index contributed by atoms with van der Waals surface area (Å²) in [5, 5.41) is 3.37. The zero-order valence-electron chi connectivity index (χ0n) is 14.5. The molecule has 1 aliphatic heterocycles. The van der Waals surface area contributed by atoms with Crippen LogP contribution >= 0.6 is 15.9 Å². The molecule has 2 rings (SSSR count). The van der Waals surface area contributed by atoms with E-state index in [0.29, 0.717) is 6.54 Å². The van der Waals surface area contributed by atoms with E-state index in [-0.39, 0.29) is 6.10 Å². The molecule has 0 aromatic carbocycles. The van der Waals surface area contributed by atoms with E-state index < -0.39 is 0 Å². The molecule has 1 aromatic rings. The Hall–Kier alpha value is -1.05. The summed E-state index contributed by atoms with van der Waals surface area (Å²) < 4.78 is 9.02. The molecule has 0 spiro atoms. The summed E-state index contributed by atoms with van der Waals surface area (Å²) in [7, 11) is 6.25. The molecule has 130 valence electrons. The Morgan fingerprint density at radius 3 is 2.91 bits per heavy atom. The first-order valence-electron chi connectivity index (χ1n) is 8.10. The zero-order valence-corrected chi connectivity index (χ0v) is 16.1. The van der Waals surface area contributed by atoms with Gasteiger partial charge in [-0.05, 0) is 36.0 Å². The summed E-state index contributed by atoms with van der Waals surface area (Å²) in [5.74, 6) is 0.918. The van der Waals surface area contributed by atoms with Crippen LogP contribution < -0.4 is 5.32 Å². The lowest BCUT2D eigenvalue weighted by Gasteiger charge is -2.29. The molecule has 0 aliphatic carbocycles. The molecule has 0 amide bonds. The number of likely N-dealkylation sites (N-methyl/N-ethyl adjacent to an activating group) is 1. The maximum atomic E-state index is 5.79. The summed E-state index contributed by atoms with van der Waals surface area (Å²) in [5.41, 5.74) is 1.23. The Bertz CT molecular complexity index is 531. The van der Waals surface area contributed by atoms with Crippen LogP contribution in [0.2, 0.25) is 0 Å². The second-order valence-electron chi connectivity index (χ2n) is 6.07. The number of guanidine groups is 1. The van der Waals surface area contributed by atoms with E-state index in [2.05, 4.69) is 75.9 Å². The first kappa shape index (κ1) is 18.3. The lowest BCUT2D eigenvalue weighted by molar-refractivity contribution is -0.0137. The Labute approximate surface area is 147 Å². The van der Waals surface area contributed by atoms with Gasteiger partial charge in [-0.15, -0.1) is 0 Å². The first-order chi connectivity index (χ1) is 11.0. The fourth-order valence-electron chi connectivity index (χ4n) is 2.68. The van der Waals surface area contributed by atoms with Crippen molar-refractivity contribution in [3.63, 3.8) is 0 Å². The van der Waals surface area contributed by atoms with E-state index in [1.165, 1.54) is 5.69 Å². The third kappa shape index (κ3) is 5.51. The lowest BCUT2D eigenvalue weighted by Crippen LogP contribution is -2.43. The number of aromatic nitrogens is 1. The number of halogens is 1. The molecule has 2 heterocycles. The summed E-state index contributed by atoms with van der Waals surface area (Å²) in [6, 6.07) is 2.14. The van der Waals surface area contributed by atoms with Crippen molar-refractivity contribution >= 4 is 21.9 Å². The van der Waals surface area contributed by atoms with Gasteiger partial charge in [-0.25, -0.2) is 0 Å². The molecule has 1 fully saturated rings. The number of hydrogen-bond acceptors (Lipinski definition) is 3. The van der Waals surface area contributed by atoms with Gasteiger partial charge in [-0.2, -0.15) is 0 Å². The second-order valence-corrected chi connectivity index (χ2v) is 6.98. The maximum absolute atomic E-state index is 5.79. The smallest absolute Gasteiger partial charge is 0.194 e. The number of hydrogen-bond donors (Lipinski definition) is 1. The molecule has 23 heavy (non-hydrogen) atoms. The predicted molar refractivity (Wildman–Crippen MR) is 97.8 cm³/mol. The molecule has 1 atom stereocenters. The highest BCUT2D eigenvalue weighted by Gasteiger charge is 2.18. The van der Waals surface area contributed by atoms with Crippen LogP contribution in [0.3, 0.4) is 0 Å². The summed E-state index contributed by atoms with van der Waals surface area (Å²) in [6.07, 6.45) is 2.25. The Kier molecular flexibility index (Phi) is 6.92. The highest BCUT2D eigenvalue weighted by Crippen LogP contribution is 2.15. The van der Waals surface area contributed by atoms with Crippen molar-refractivity contribution in [2.45, 2.75) is 19.6 Å². The molecule has 1 unspecified atom stereocenters. The van der Waals surface area contributed by atoms with Gasteiger partial charge in [-0.3, -0.25) is 4.99 Å². The topological polar surface area (TPSA) is 45.0 Å². The number of nitrogens with zero attached hydrogens (tertiary/aromatic N) is 4. The Balaban J connectivity index is 1.98. The fraction of sp³-hybridized carbons (Fsp3) is 0.688. The molecular formula is C16H28BrN5O. The van der Waals surface area contributed by atoms with Gasteiger partial charge in [0.05, 0.1) is 25.8 Å². The molecule has 0 saturated carbocycles. The molecule has 0 radical (unpaired) electrons. The third-order valence-electron chi connectivity index (χ3n) is 3.96. The van der Waals surface area contributed by atoms with Gasteiger partial charge in [0, 0.05) is 50.1 Å². The van der Waals surface area contributed by atoms with Gasteiger partial charge in [-0.1, -0.05) is 0 Å². The average molecular weight is 386 g/mol. The molecule has 0 bridgehead atoms. The van der Waals surface area contributed by atoms with Gasteiger partial charge < -0.3 is 24.4 Å². The molecule has 7 heteroatoms. The molecule has 1 saturated heterocycles. The zero-order chi connectivity index (χ0) is 16.8. The van der Waals surface area contributed by atoms with Crippen molar-refractivity contribution in [2.75, 3.05) is 46.9 Å². The van der Waals surface area contributed by atoms with Crippen molar-refractivity contribution < 1.29 is 4.74 Å². The van der Waals surface area contributed by atoms with Gasteiger partial charge in [0.1, 0.15) is 0 Å². The number of ether oxygens (including phenoxy) is 1. The summed E-state index contributed by atoms with van der Waals surface area (Å²) in [6.45, 7) is 7.17. The monoisotopic (exact) mass is 385 g/mol. The van der Waals surface area contributed by atoms with Crippen LogP contribution in [-0.4, -0.2) is 73.3 Å². The molecule has 1 aromatic heterocycles. The normalized spacial score (nSPS) is 19.9. The molecular weight excluding hydrogens is 358 g/mol. The fourth-order valence-corrected chi connectivity index (χ4v) is 3.25. The van der Waals surface area contributed by atoms with Crippen molar-refractivity contribution in [3.05, 3.63) is 22.4 Å². The molecule has 6 nitrogen and oxygen atoms in total. The predicted octanol–water partition coefficient (Wildman–Crippen LogP) is 1.52. The van der Waals surface area contributed by atoms with Crippen LogP contribution in [0.1, 0.15) is 12.6 Å². The van der Waals surface area contributed by atoms with E-state index in [1.807, 2.05) is 0 Å². The summed E-state index contributed by atoms with van der Waals surface area (Å²) >= 11 is 3.52. The van der Waals surface area contributed by atoms with E-state index in [1.54, 1.807) is 0 Å². The minimum Gasteiger partial charge on any atom is -0.374 e. The van der Waals surface area contributed by atoms with Crippen LogP contribution in [0.15, 0.2) is 21.7 Å². The van der Waals surface area contributed by atoms with Crippen molar-refractivity contribution in [3.8, 4) is 0 Å². The largest absolute Gasteiger partial charge is 0.374 e. The SMILES string of the molecule is CCNC(=NCC1CN(C)CCO1)N(C)Cc1cc(Br)cn1C.